The molecule has 2 rings (SSSR count). The number of rotatable bonds is 4. The van der Waals surface area contributed by atoms with Gasteiger partial charge in [-0.3, -0.25) is 0 Å². The van der Waals surface area contributed by atoms with Crippen molar-refractivity contribution in [3.63, 3.8) is 0 Å². The zero-order valence-corrected chi connectivity index (χ0v) is 12.0. The summed E-state index contributed by atoms with van der Waals surface area (Å²) in [5.41, 5.74) is 1.62. The Morgan fingerprint density at radius 3 is 2.63 bits per heavy atom. The van der Waals surface area contributed by atoms with Crippen LogP contribution in [0.2, 0.25) is 5.02 Å². The second kappa shape index (κ2) is 5.66. The predicted octanol–water partition coefficient (Wildman–Crippen LogP) is 4.07. The van der Waals surface area contributed by atoms with E-state index in [-0.39, 0.29) is 6.10 Å². The molecule has 0 aliphatic heterocycles. The molecule has 0 N–H and O–H groups in total. The van der Waals surface area contributed by atoms with Gasteiger partial charge in [0.1, 0.15) is 5.75 Å². The van der Waals surface area contributed by atoms with Crippen molar-refractivity contribution in [1.82, 2.24) is 4.98 Å². The van der Waals surface area contributed by atoms with E-state index in [0.29, 0.717) is 16.7 Å². The molecule has 0 fully saturated rings. The lowest BCUT2D eigenvalue weighted by molar-refractivity contribution is 0.243. The van der Waals surface area contributed by atoms with Crippen LogP contribution in [0.4, 0.5) is 0 Å². The molecule has 0 amide bonds. The summed E-state index contributed by atoms with van der Waals surface area (Å²) in [5, 5.41) is 1.50. The van der Waals surface area contributed by atoms with Crippen molar-refractivity contribution in [2.24, 2.45) is 0 Å². The fraction of sp³-hybridized carbons (Fsp3) is 0.267. The Morgan fingerprint density at radius 2 is 2.05 bits per heavy atom. The van der Waals surface area contributed by atoms with Crippen molar-refractivity contribution < 1.29 is 9.47 Å². The third-order valence-corrected chi connectivity index (χ3v) is 2.93. The minimum absolute atomic E-state index is 0.0595. The van der Waals surface area contributed by atoms with Gasteiger partial charge in [-0.1, -0.05) is 11.6 Å². The molecule has 100 valence electrons. The highest BCUT2D eigenvalue weighted by Crippen LogP contribution is 2.32. The van der Waals surface area contributed by atoms with Crippen LogP contribution >= 0.6 is 11.6 Å². The van der Waals surface area contributed by atoms with Gasteiger partial charge in [-0.25, -0.2) is 4.98 Å². The van der Waals surface area contributed by atoms with Crippen molar-refractivity contribution in [3.8, 4) is 11.6 Å². The molecule has 0 aliphatic carbocycles. The third-order valence-electron chi connectivity index (χ3n) is 2.64. The van der Waals surface area contributed by atoms with Gasteiger partial charge >= 0.3 is 0 Å². The highest BCUT2D eigenvalue weighted by Gasteiger charge is 2.11. The molecule has 4 heteroatoms. The number of ether oxygens (including phenoxy) is 2. The number of benzene rings is 1. The fourth-order valence-corrected chi connectivity index (χ4v) is 2.04. The highest BCUT2D eigenvalue weighted by atomic mass is 35.5. The summed E-state index contributed by atoms with van der Waals surface area (Å²) in [6, 6.07) is 5.61. The fourth-order valence-electron chi connectivity index (χ4n) is 1.83. The van der Waals surface area contributed by atoms with E-state index in [0.717, 1.165) is 16.5 Å². The van der Waals surface area contributed by atoms with E-state index in [1.807, 2.05) is 32.0 Å². The topological polar surface area (TPSA) is 31.4 Å². The molecule has 3 nitrogen and oxygen atoms in total. The molecule has 0 spiro atoms. The molecule has 0 unspecified atom stereocenters. The Labute approximate surface area is 118 Å². The second-order valence-corrected chi connectivity index (χ2v) is 4.84. The smallest absolute Gasteiger partial charge is 0.217 e. The van der Waals surface area contributed by atoms with Crippen molar-refractivity contribution in [3.05, 3.63) is 42.1 Å². The molecule has 19 heavy (non-hydrogen) atoms. The number of hydrogen-bond donors (Lipinski definition) is 0. The summed E-state index contributed by atoms with van der Waals surface area (Å²) in [6.45, 7) is 7.66. The Balaban J connectivity index is 2.58. The average molecular weight is 278 g/mol. The first kappa shape index (κ1) is 13.9. The molecule has 1 aromatic carbocycles. The van der Waals surface area contributed by atoms with Gasteiger partial charge in [0, 0.05) is 17.0 Å². The number of halogens is 1. The Kier molecular flexibility index (Phi) is 4.15. The van der Waals surface area contributed by atoms with E-state index >= 15 is 0 Å². The van der Waals surface area contributed by atoms with Gasteiger partial charge in [-0.05, 0) is 39.3 Å². The van der Waals surface area contributed by atoms with Crippen LogP contribution in [0.15, 0.2) is 18.2 Å². The standard InChI is InChI=1S/C15H16ClNO2/c1-5-10-6-11-7-12(16)14(19-9(2)3)8-13(11)17-15(10)18-4/h5-9H,1H2,2-4H3. The number of methoxy groups -OCH3 is 1. The van der Waals surface area contributed by atoms with Gasteiger partial charge in [-0.2, -0.15) is 0 Å². The number of nitrogens with zero attached hydrogens (tertiary/aromatic N) is 1. The van der Waals surface area contributed by atoms with Gasteiger partial charge in [0.15, 0.2) is 0 Å². The molecule has 1 aromatic heterocycles. The van der Waals surface area contributed by atoms with Crippen LogP contribution in [-0.2, 0) is 0 Å². The maximum absolute atomic E-state index is 6.21. The number of hydrogen-bond acceptors (Lipinski definition) is 3. The van der Waals surface area contributed by atoms with Gasteiger partial charge in [0.05, 0.1) is 23.8 Å². The van der Waals surface area contributed by atoms with Gasteiger partial charge in [0.2, 0.25) is 5.88 Å². The van der Waals surface area contributed by atoms with Crippen LogP contribution in [0, 0.1) is 13.3 Å². The van der Waals surface area contributed by atoms with Crippen molar-refractivity contribution in [2.45, 2.75) is 20.0 Å². The molecule has 0 saturated heterocycles. The monoisotopic (exact) mass is 277 g/mol. The van der Waals surface area contributed by atoms with Crippen LogP contribution in [0.5, 0.6) is 11.6 Å². The van der Waals surface area contributed by atoms with E-state index in [1.54, 1.807) is 13.5 Å². The normalized spacial score (nSPS) is 11.1. The van der Waals surface area contributed by atoms with E-state index < -0.39 is 0 Å². The molecule has 0 aliphatic rings. The minimum Gasteiger partial charge on any atom is -0.489 e. The van der Waals surface area contributed by atoms with E-state index in [4.69, 9.17) is 21.1 Å². The number of pyridine rings is 1. The van der Waals surface area contributed by atoms with Crippen LogP contribution in [0.1, 0.15) is 19.4 Å². The molecule has 0 atom stereocenters. The lowest BCUT2D eigenvalue weighted by Crippen LogP contribution is -2.06. The van der Waals surface area contributed by atoms with Crippen molar-refractivity contribution in [2.75, 3.05) is 7.11 Å². The van der Waals surface area contributed by atoms with Crippen molar-refractivity contribution in [1.29, 1.82) is 0 Å². The predicted molar refractivity (Wildman–Crippen MR) is 77.8 cm³/mol. The maximum atomic E-state index is 6.21. The van der Waals surface area contributed by atoms with Crippen LogP contribution in [-0.4, -0.2) is 18.2 Å². The first-order valence-electron chi connectivity index (χ1n) is 6.02. The van der Waals surface area contributed by atoms with Crippen LogP contribution in [0.3, 0.4) is 0 Å². The first-order chi connectivity index (χ1) is 9.05. The maximum Gasteiger partial charge on any atom is 0.217 e. The molecule has 0 saturated carbocycles. The Morgan fingerprint density at radius 1 is 1.32 bits per heavy atom. The van der Waals surface area contributed by atoms with Crippen LogP contribution in [0.25, 0.3) is 10.9 Å². The van der Waals surface area contributed by atoms with E-state index in [1.165, 1.54) is 0 Å². The summed E-state index contributed by atoms with van der Waals surface area (Å²) in [4.78, 5) is 4.44. The summed E-state index contributed by atoms with van der Waals surface area (Å²) in [5.74, 6) is 1.17. The second-order valence-electron chi connectivity index (χ2n) is 4.43. The zero-order chi connectivity index (χ0) is 14.0. The first-order valence-corrected chi connectivity index (χ1v) is 6.40. The quantitative estimate of drug-likeness (QED) is 0.844. The number of fused-ring (bicyclic) bond motifs is 1. The summed E-state index contributed by atoms with van der Waals surface area (Å²) < 4.78 is 10.9. The summed E-state index contributed by atoms with van der Waals surface area (Å²) >= 11 is 6.21. The van der Waals surface area contributed by atoms with Gasteiger partial charge in [0.25, 0.3) is 0 Å². The van der Waals surface area contributed by atoms with Gasteiger partial charge in [-0.15, -0.1) is 0 Å². The Hall–Kier alpha value is -1.48. The summed E-state index contributed by atoms with van der Waals surface area (Å²) in [6.07, 6.45) is 1.77. The summed E-state index contributed by atoms with van der Waals surface area (Å²) in [7, 11) is 1.59. The highest BCUT2D eigenvalue weighted by molar-refractivity contribution is 6.32. The lowest BCUT2D eigenvalue weighted by Gasteiger charge is -2.13. The number of aromatic nitrogens is 1. The molecule has 1 heterocycles. The molecule has 0 bridgehead atoms. The molecular formula is C15H16ClNO2. The SMILES string of the molecule is [CH2][CH]c1cc2cc(Cl)c(OC(C)C)cc2nc1OC. The largest absolute Gasteiger partial charge is 0.489 e. The van der Waals surface area contributed by atoms with Crippen molar-refractivity contribution >= 4 is 22.5 Å². The Bertz CT molecular complexity index is 596. The zero-order valence-electron chi connectivity index (χ0n) is 11.2. The molecule has 2 radical (unpaired) electrons. The van der Waals surface area contributed by atoms with Gasteiger partial charge < -0.3 is 9.47 Å². The van der Waals surface area contributed by atoms with E-state index in [9.17, 15) is 0 Å². The molecule has 2 aromatic rings. The molecular weight excluding hydrogens is 262 g/mol. The average Bonchev–Trinajstić information content (AvgIpc) is 2.37. The van der Waals surface area contributed by atoms with E-state index in [2.05, 4.69) is 11.9 Å². The van der Waals surface area contributed by atoms with Crippen LogP contribution < -0.4 is 9.47 Å². The lowest BCUT2D eigenvalue weighted by atomic mass is 10.1. The minimum atomic E-state index is 0.0595. The third kappa shape index (κ3) is 2.92.